The zero-order valence-corrected chi connectivity index (χ0v) is 32.1. The van der Waals surface area contributed by atoms with Crippen molar-refractivity contribution in [3.63, 3.8) is 0 Å². The van der Waals surface area contributed by atoms with E-state index in [1.165, 1.54) is 49.4 Å². The molecule has 0 N–H and O–H groups in total. The van der Waals surface area contributed by atoms with Crippen molar-refractivity contribution in [1.82, 2.24) is 0 Å². The monoisotopic (exact) mass is 746 g/mol. The van der Waals surface area contributed by atoms with Gasteiger partial charge < -0.3 is 9.80 Å². The Bertz CT molecular complexity index is 2670. The average molecular weight is 747 g/mol. The zero-order valence-electron chi connectivity index (χ0n) is 31.2. The van der Waals surface area contributed by atoms with Crippen molar-refractivity contribution >= 4 is 56.4 Å². The molecule has 8 aromatic carbocycles. The molecule has 0 saturated carbocycles. The van der Waals surface area contributed by atoms with E-state index in [-0.39, 0.29) is 10.7 Å². The second kappa shape index (κ2) is 13.7. The van der Waals surface area contributed by atoms with Crippen molar-refractivity contribution in [2.24, 2.45) is 0 Å². The molecule has 1 spiro atoms. The summed E-state index contributed by atoms with van der Waals surface area (Å²) in [5, 5.41) is 0. The molecule has 12 rings (SSSR count). The summed E-state index contributed by atoms with van der Waals surface area (Å²) >= 11 is 2.01. The maximum atomic E-state index is 2.51. The van der Waals surface area contributed by atoms with Crippen LogP contribution in [0, 0.1) is 0 Å². The summed E-state index contributed by atoms with van der Waals surface area (Å²) in [6, 6.07) is 79.4. The highest BCUT2D eigenvalue weighted by atomic mass is 32.2. The number of hydrogen-bond acceptors (Lipinski definition) is 3. The number of allylic oxidation sites excluding steroid dienone is 2. The van der Waals surface area contributed by atoms with E-state index in [1.54, 1.807) is 0 Å². The fourth-order valence-corrected chi connectivity index (χ4v) is 10.9. The number of para-hydroxylation sites is 4. The predicted octanol–water partition coefficient (Wildman–Crippen LogP) is 14.6. The third-order valence-corrected chi connectivity index (χ3v) is 13.2. The average Bonchev–Trinajstić information content (AvgIpc) is 3.71. The Labute approximate surface area is 338 Å². The van der Waals surface area contributed by atoms with Crippen molar-refractivity contribution < 1.29 is 0 Å². The smallest absolute Gasteiger partial charge is 0.0963 e. The van der Waals surface area contributed by atoms with Gasteiger partial charge in [0.2, 0.25) is 0 Å². The van der Waals surface area contributed by atoms with E-state index in [4.69, 9.17) is 0 Å². The first-order valence-corrected chi connectivity index (χ1v) is 20.4. The zero-order chi connectivity index (χ0) is 37.8. The van der Waals surface area contributed by atoms with Crippen molar-refractivity contribution in [1.29, 1.82) is 0 Å². The molecule has 2 nitrogen and oxygen atoms in total. The summed E-state index contributed by atoms with van der Waals surface area (Å²) in [5.74, 6) is 0.142. The van der Waals surface area contributed by atoms with Crippen LogP contribution in [0.2, 0.25) is 0 Å². The Morgan fingerprint density at radius 1 is 0.351 bits per heavy atom. The quantitative estimate of drug-likeness (QED) is 0.153. The van der Waals surface area contributed by atoms with Crippen LogP contribution in [0.4, 0.5) is 34.1 Å². The van der Waals surface area contributed by atoms with Crippen molar-refractivity contribution in [3.8, 4) is 0 Å². The van der Waals surface area contributed by atoms with Crippen LogP contribution in [0.15, 0.2) is 230 Å². The third kappa shape index (κ3) is 5.42. The number of benzene rings is 8. The highest BCUT2D eigenvalue weighted by Crippen LogP contribution is 2.70. The molecule has 1 heterocycles. The lowest BCUT2D eigenvalue weighted by Crippen LogP contribution is -2.37. The van der Waals surface area contributed by atoms with Gasteiger partial charge in [0.25, 0.3) is 0 Å². The molecule has 57 heavy (non-hydrogen) atoms. The van der Waals surface area contributed by atoms with Gasteiger partial charge in [-0.2, -0.15) is 0 Å². The van der Waals surface area contributed by atoms with E-state index in [2.05, 4.69) is 234 Å². The van der Waals surface area contributed by atoms with E-state index in [0.717, 1.165) is 34.1 Å². The summed E-state index contributed by atoms with van der Waals surface area (Å²) in [6.07, 6.45) is 2.51. The summed E-state index contributed by atoms with van der Waals surface area (Å²) in [4.78, 5) is 5.96. The number of hydrogen-bond donors (Lipinski definition) is 0. The van der Waals surface area contributed by atoms with E-state index >= 15 is 0 Å². The van der Waals surface area contributed by atoms with Gasteiger partial charge in [-0.1, -0.05) is 146 Å². The number of nitrogens with zero attached hydrogens (tertiary/aromatic N) is 2. The maximum Gasteiger partial charge on any atom is 0.0963 e. The second-order valence-electron chi connectivity index (χ2n) is 14.8. The Morgan fingerprint density at radius 3 is 1.12 bits per heavy atom. The van der Waals surface area contributed by atoms with Crippen LogP contribution >= 0.6 is 11.8 Å². The Morgan fingerprint density at radius 2 is 0.702 bits per heavy atom. The van der Waals surface area contributed by atoms with Gasteiger partial charge in [0.15, 0.2) is 0 Å². The molecule has 0 atom stereocenters. The lowest BCUT2D eigenvalue weighted by atomic mass is 9.59. The first-order valence-electron chi connectivity index (χ1n) is 19.6. The van der Waals surface area contributed by atoms with E-state index < -0.39 is 0 Å². The van der Waals surface area contributed by atoms with Crippen LogP contribution in [0.5, 0.6) is 0 Å². The summed E-state index contributed by atoms with van der Waals surface area (Å²) in [7, 11) is 0. The molecule has 0 saturated heterocycles. The molecule has 1 aliphatic heterocycles. The molecule has 2 bridgehead atoms. The van der Waals surface area contributed by atoms with Gasteiger partial charge in [-0.15, -0.1) is 11.8 Å². The molecular formula is C54H38N2S. The molecule has 0 radical (unpaired) electrons. The predicted molar refractivity (Wildman–Crippen MR) is 240 cm³/mol. The van der Waals surface area contributed by atoms with Crippen LogP contribution in [-0.2, 0) is 4.75 Å². The fourth-order valence-electron chi connectivity index (χ4n) is 9.30. The molecule has 0 unspecified atom stereocenters. The molecule has 0 aromatic heterocycles. The molecule has 0 amide bonds. The number of thioether (sulfide) groups is 1. The van der Waals surface area contributed by atoms with Gasteiger partial charge in [-0.05, 0) is 123 Å². The second-order valence-corrected chi connectivity index (χ2v) is 16.1. The molecule has 3 heteroatoms. The van der Waals surface area contributed by atoms with Gasteiger partial charge in [0, 0.05) is 44.9 Å². The van der Waals surface area contributed by atoms with Gasteiger partial charge in [-0.3, -0.25) is 0 Å². The molecular weight excluding hydrogens is 709 g/mol. The van der Waals surface area contributed by atoms with Crippen LogP contribution in [0.25, 0.3) is 10.5 Å². The normalized spacial score (nSPS) is 17.3. The largest absolute Gasteiger partial charge is 0.311 e. The molecule has 270 valence electrons. The molecule has 4 aliphatic rings. The summed E-state index contributed by atoms with van der Waals surface area (Å²) in [5.41, 5.74) is 17.8. The summed E-state index contributed by atoms with van der Waals surface area (Å²) in [6.45, 7) is 0. The topological polar surface area (TPSA) is 6.48 Å². The first kappa shape index (κ1) is 33.5. The Kier molecular flexibility index (Phi) is 8.08. The van der Waals surface area contributed by atoms with Gasteiger partial charge in [-0.25, -0.2) is 0 Å². The SMILES string of the molecule is C1=C(c2ccc(N(c3ccccc3)c3ccccc3)cc2)SC23C1=C(c1ccc(N(c4ccccc4)c4ccccc4)cc1)C(c1ccccc12)c1ccccc13. The van der Waals surface area contributed by atoms with E-state index in [1.807, 2.05) is 11.8 Å². The highest BCUT2D eigenvalue weighted by Gasteiger charge is 2.55. The minimum Gasteiger partial charge on any atom is -0.311 e. The third-order valence-electron chi connectivity index (χ3n) is 11.7. The summed E-state index contributed by atoms with van der Waals surface area (Å²) < 4.78 is -0.343. The van der Waals surface area contributed by atoms with Crippen molar-refractivity contribution in [2.75, 3.05) is 9.80 Å². The van der Waals surface area contributed by atoms with Crippen LogP contribution in [0.3, 0.4) is 0 Å². The highest BCUT2D eigenvalue weighted by molar-refractivity contribution is 8.10. The van der Waals surface area contributed by atoms with Crippen LogP contribution in [-0.4, -0.2) is 0 Å². The van der Waals surface area contributed by atoms with E-state index in [9.17, 15) is 0 Å². The minimum absolute atomic E-state index is 0.142. The van der Waals surface area contributed by atoms with Crippen LogP contribution < -0.4 is 9.80 Å². The minimum atomic E-state index is -0.343. The van der Waals surface area contributed by atoms with Crippen molar-refractivity contribution in [2.45, 2.75) is 10.7 Å². The molecule has 3 aliphatic carbocycles. The van der Waals surface area contributed by atoms with Crippen molar-refractivity contribution in [3.05, 3.63) is 263 Å². The molecule has 0 fully saturated rings. The Hall–Kier alpha value is -6.81. The number of rotatable bonds is 8. The Balaban J connectivity index is 1.05. The first-order chi connectivity index (χ1) is 28.3. The maximum absolute atomic E-state index is 2.51. The van der Waals surface area contributed by atoms with Gasteiger partial charge in [0.05, 0.1) is 4.75 Å². The fraction of sp³-hybridized carbons (Fsp3) is 0.0370. The molecule has 8 aromatic rings. The lowest BCUT2D eigenvalue weighted by molar-refractivity contribution is 0.761. The van der Waals surface area contributed by atoms with E-state index in [0.29, 0.717) is 0 Å². The lowest BCUT2D eigenvalue weighted by Gasteiger charge is -2.49. The van der Waals surface area contributed by atoms with Gasteiger partial charge >= 0.3 is 0 Å². The van der Waals surface area contributed by atoms with Gasteiger partial charge in [0.1, 0.15) is 0 Å². The standard InChI is InChI=1S/C54H38N2S/c1-5-17-40(18-6-1)55(41-19-7-2-8-20-41)44-33-29-38(30-34-44)51-37-50-52(53-46-25-13-15-27-48(46)54(50,57-51)49-28-16-14-26-47(49)53)39-31-35-45(36-32-39)56(42-21-9-3-10-22-42)43-23-11-4-12-24-43/h1-37,53H. The van der Waals surface area contributed by atoms with Crippen LogP contribution in [0.1, 0.15) is 39.3 Å². The number of anilines is 6.